The maximum atomic E-state index is 14.7. The number of hydrogen-bond acceptors (Lipinski definition) is 1. The molecule has 1 atom stereocenters. The van der Waals surface area contributed by atoms with Crippen LogP contribution in [0.1, 0.15) is 52.9 Å². The van der Waals surface area contributed by atoms with Gasteiger partial charge in [-0.15, -0.1) is 0 Å². The average molecular weight is 343 g/mol. The lowest BCUT2D eigenvalue weighted by Crippen LogP contribution is -2.53. The van der Waals surface area contributed by atoms with Crippen molar-refractivity contribution in [2.75, 3.05) is 0 Å². The molecule has 0 aliphatic rings. The zero-order valence-corrected chi connectivity index (χ0v) is 16.2. The number of unbranched alkanes of at least 4 members (excludes halogenated alkanes) is 3. The van der Waals surface area contributed by atoms with E-state index in [2.05, 4.69) is 6.92 Å². The highest BCUT2D eigenvalue weighted by Gasteiger charge is 2.46. The molecule has 0 N–H and O–H groups in total. The van der Waals surface area contributed by atoms with Gasteiger partial charge in [0.05, 0.1) is 0 Å². The van der Waals surface area contributed by atoms with Crippen LogP contribution in [0.4, 0.5) is 8.78 Å². The van der Waals surface area contributed by atoms with Crippen LogP contribution >= 0.6 is 0 Å². The lowest BCUT2D eigenvalue weighted by molar-refractivity contribution is -0.133. The minimum Gasteiger partial charge on any atom is -0.404 e. The number of hydrogen-bond donors (Lipinski definition) is 0. The van der Waals surface area contributed by atoms with E-state index in [9.17, 15) is 8.78 Å². The quantitative estimate of drug-likeness (QED) is 0.389. The van der Waals surface area contributed by atoms with E-state index in [0.29, 0.717) is 6.42 Å². The van der Waals surface area contributed by atoms with Gasteiger partial charge < -0.3 is 4.43 Å². The average Bonchev–Trinajstić information content (AvgIpc) is 2.51. The van der Waals surface area contributed by atoms with Gasteiger partial charge in [0.2, 0.25) is 8.32 Å². The molecule has 1 aromatic carbocycles. The molecule has 0 saturated heterocycles. The third-order valence-corrected chi connectivity index (χ3v) is 7.02. The topological polar surface area (TPSA) is 9.23 Å². The third-order valence-electron chi connectivity index (χ3n) is 4.42. The van der Waals surface area contributed by atoms with Gasteiger partial charge in [-0.2, -0.15) is 0 Å². The molecule has 0 heterocycles. The lowest BCUT2D eigenvalue weighted by Gasteiger charge is -2.36. The van der Waals surface area contributed by atoms with Crippen molar-refractivity contribution in [1.29, 1.82) is 0 Å². The van der Waals surface area contributed by atoms with Gasteiger partial charge in [-0.05, 0) is 24.7 Å². The van der Waals surface area contributed by atoms with Crippen molar-refractivity contribution in [2.24, 2.45) is 5.92 Å². The van der Waals surface area contributed by atoms with Gasteiger partial charge in [-0.25, -0.2) is 8.78 Å². The molecule has 1 unspecified atom stereocenters. The summed E-state index contributed by atoms with van der Waals surface area (Å²) in [5.74, 6) is -3.50. The van der Waals surface area contributed by atoms with Crippen molar-refractivity contribution in [3.63, 3.8) is 0 Å². The molecule has 0 radical (unpaired) electrons. The predicted octanol–water partition coefficient (Wildman–Crippen LogP) is 5.75. The lowest BCUT2D eigenvalue weighted by atomic mass is 9.96. The van der Waals surface area contributed by atoms with Gasteiger partial charge in [0.1, 0.15) is 6.10 Å². The van der Waals surface area contributed by atoms with Gasteiger partial charge in [-0.1, -0.05) is 76.8 Å². The van der Waals surface area contributed by atoms with E-state index < -0.39 is 26.3 Å². The van der Waals surface area contributed by atoms with Crippen LogP contribution in [-0.2, 0) is 4.43 Å². The second kappa shape index (κ2) is 8.93. The SMILES string of the molecule is CCCCCCC(O[Si](C)(C)c1ccccc1)C(F)(F)C(C)C. The van der Waals surface area contributed by atoms with Crippen LogP contribution in [0.5, 0.6) is 0 Å². The minimum absolute atomic E-state index is 0.439. The molecule has 0 saturated carbocycles. The molecule has 1 rings (SSSR count). The molecule has 0 aromatic heterocycles. The van der Waals surface area contributed by atoms with Crippen LogP contribution in [0, 0.1) is 5.92 Å². The van der Waals surface area contributed by atoms with Gasteiger partial charge in [-0.3, -0.25) is 0 Å². The van der Waals surface area contributed by atoms with Crippen molar-refractivity contribution in [1.82, 2.24) is 0 Å². The van der Waals surface area contributed by atoms with Crippen LogP contribution in [0.3, 0.4) is 0 Å². The predicted molar refractivity (Wildman–Crippen MR) is 97.0 cm³/mol. The number of halogens is 2. The standard InChI is InChI=1S/C19H32F2OSi/c1-6-7-8-12-15-18(19(20,21)16(2)3)22-23(4,5)17-13-10-9-11-14-17/h9-11,13-14,16,18H,6-8,12,15H2,1-5H3. The summed E-state index contributed by atoms with van der Waals surface area (Å²) in [4.78, 5) is 0. The molecule has 0 spiro atoms. The molecule has 0 fully saturated rings. The van der Waals surface area contributed by atoms with Crippen molar-refractivity contribution in [3.05, 3.63) is 30.3 Å². The van der Waals surface area contributed by atoms with E-state index >= 15 is 0 Å². The van der Waals surface area contributed by atoms with E-state index in [1.807, 2.05) is 43.4 Å². The van der Waals surface area contributed by atoms with Crippen molar-refractivity contribution in [2.45, 2.75) is 78.0 Å². The first-order valence-electron chi connectivity index (χ1n) is 8.83. The smallest absolute Gasteiger partial charge is 0.274 e. The zero-order valence-electron chi connectivity index (χ0n) is 15.2. The summed E-state index contributed by atoms with van der Waals surface area (Å²) in [6, 6.07) is 9.83. The Hall–Kier alpha value is -0.743. The van der Waals surface area contributed by atoms with E-state index in [1.54, 1.807) is 13.8 Å². The second-order valence-electron chi connectivity index (χ2n) is 7.16. The highest BCUT2D eigenvalue weighted by atomic mass is 28.4. The fourth-order valence-electron chi connectivity index (χ4n) is 2.72. The Bertz CT molecular complexity index is 446. The highest BCUT2D eigenvalue weighted by molar-refractivity contribution is 6.84. The first-order chi connectivity index (χ1) is 10.7. The summed E-state index contributed by atoms with van der Waals surface area (Å²) >= 11 is 0. The summed E-state index contributed by atoms with van der Waals surface area (Å²) < 4.78 is 35.4. The van der Waals surface area contributed by atoms with E-state index in [4.69, 9.17) is 4.43 Å². The zero-order chi connectivity index (χ0) is 17.5. The molecule has 23 heavy (non-hydrogen) atoms. The van der Waals surface area contributed by atoms with Crippen molar-refractivity contribution < 1.29 is 13.2 Å². The van der Waals surface area contributed by atoms with Crippen LogP contribution < -0.4 is 5.19 Å². The summed E-state index contributed by atoms with van der Waals surface area (Å²) in [6.45, 7) is 9.32. The van der Waals surface area contributed by atoms with E-state index in [-0.39, 0.29) is 0 Å². The third kappa shape index (κ3) is 6.00. The molecule has 1 nitrogen and oxygen atoms in total. The van der Waals surface area contributed by atoms with Gasteiger partial charge in [0, 0.05) is 5.92 Å². The maximum Gasteiger partial charge on any atom is 0.274 e. The largest absolute Gasteiger partial charge is 0.404 e. The number of rotatable bonds is 10. The normalized spacial score (nSPS) is 14.3. The molecule has 4 heteroatoms. The Kier molecular flexibility index (Phi) is 7.88. The van der Waals surface area contributed by atoms with Gasteiger partial charge in [0.25, 0.3) is 5.92 Å². The molecule has 0 amide bonds. The van der Waals surface area contributed by atoms with E-state index in [0.717, 1.165) is 30.9 Å². The molecular weight excluding hydrogens is 310 g/mol. The molecule has 1 aromatic rings. The summed E-state index contributed by atoms with van der Waals surface area (Å²) in [7, 11) is -2.35. The monoisotopic (exact) mass is 342 g/mol. The van der Waals surface area contributed by atoms with Crippen LogP contribution in [-0.4, -0.2) is 20.3 Å². The Morgan fingerprint density at radius 1 is 1.04 bits per heavy atom. The molecule has 132 valence electrons. The summed E-state index contributed by atoms with van der Waals surface area (Å²) in [5, 5.41) is 1.07. The van der Waals surface area contributed by atoms with Gasteiger partial charge >= 0.3 is 0 Å². The van der Waals surface area contributed by atoms with Crippen molar-refractivity contribution in [3.8, 4) is 0 Å². The number of benzene rings is 1. The van der Waals surface area contributed by atoms with Crippen LogP contribution in [0.25, 0.3) is 0 Å². The van der Waals surface area contributed by atoms with Crippen molar-refractivity contribution >= 4 is 13.5 Å². The summed E-state index contributed by atoms with van der Waals surface area (Å²) in [5.41, 5.74) is 0. The fraction of sp³-hybridized carbons (Fsp3) is 0.684. The second-order valence-corrected chi connectivity index (χ2v) is 11.0. The molecule has 0 bridgehead atoms. The fourth-order valence-corrected chi connectivity index (χ4v) is 4.84. The molecular formula is C19H32F2OSi. The minimum atomic E-state index is -2.79. The highest BCUT2D eigenvalue weighted by Crippen LogP contribution is 2.34. The Balaban J connectivity index is 2.87. The maximum absolute atomic E-state index is 14.7. The van der Waals surface area contributed by atoms with Gasteiger partial charge in [0.15, 0.2) is 0 Å². The number of alkyl halides is 2. The van der Waals surface area contributed by atoms with Crippen LogP contribution in [0.2, 0.25) is 13.1 Å². The first kappa shape index (κ1) is 20.3. The molecule has 0 aliphatic heterocycles. The Morgan fingerprint density at radius 2 is 1.65 bits per heavy atom. The molecule has 0 aliphatic carbocycles. The Morgan fingerprint density at radius 3 is 2.17 bits per heavy atom. The summed E-state index contributed by atoms with van der Waals surface area (Å²) in [6.07, 6.45) is 3.46. The van der Waals surface area contributed by atoms with Crippen LogP contribution in [0.15, 0.2) is 30.3 Å². The first-order valence-corrected chi connectivity index (χ1v) is 11.7. The Labute approximate surface area is 141 Å². The van der Waals surface area contributed by atoms with E-state index in [1.165, 1.54) is 0 Å².